The van der Waals surface area contributed by atoms with Gasteiger partial charge in [-0.25, -0.2) is 0 Å². The highest BCUT2D eigenvalue weighted by atomic mass is 16.2. The van der Waals surface area contributed by atoms with Crippen molar-refractivity contribution in [1.82, 2.24) is 15.1 Å². The van der Waals surface area contributed by atoms with Crippen LogP contribution < -0.4 is 5.32 Å². The molecule has 1 aromatic heterocycles. The van der Waals surface area contributed by atoms with Crippen LogP contribution in [0.5, 0.6) is 0 Å². The number of nitrogens with one attached hydrogen (secondary N) is 1. The molecule has 0 aliphatic rings. The third kappa shape index (κ3) is 4.77. The summed E-state index contributed by atoms with van der Waals surface area (Å²) in [5.74, 6) is 0. The monoisotopic (exact) mass is 225 g/mol. The molecule has 0 aliphatic carbocycles. The molecule has 0 bridgehead atoms. The molecular formula is C12H23N3O. The average molecular weight is 225 g/mol. The first kappa shape index (κ1) is 13.2. The smallest absolute Gasteiger partial charge is 0.0638 e. The normalized spacial score (nSPS) is 10.9. The topological polar surface area (TPSA) is 50.1 Å². The fourth-order valence-electron chi connectivity index (χ4n) is 1.76. The van der Waals surface area contributed by atoms with E-state index < -0.39 is 0 Å². The Hall–Kier alpha value is -0.870. The third-order valence-corrected chi connectivity index (χ3v) is 2.69. The number of rotatable bonds is 8. The lowest BCUT2D eigenvalue weighted by Gasteiger charge is -2.03. The van der Waals surface area contributed by atoms with E-state index in [0.717, 1.165) is 31.6 Å². The Morgan fingerprint density at radius 1 is 1.31 bits per heavy atom. The SMILES string of the molecule is Cc1nn(C)cc1CNCCCCCCO. The molecule has 2 N–H and O–H groups in total. The molecular weight excluding hydrogens is 202 g/mol. The lowest BCUT2D eigenvalue weighted by Crippen LogP contribution is -2.14. The number of aromatic nitrogens is 2. The first-order valence-electron chi connectivity index (χ1n) is 6.04. The predicted octanol–water partition coefficient (Wildman–Crippen LogP) is 1.37. The molecule has 0 spiro atoms. The van der Waals surface area contributed by atoms with Crippen molar-refractivity contribution in [2.75, 3.05) is 13.2 Å². The van der Waals surface area contributed by atoms with E-state index in [0.29, 0.717) is 6.61 Å². The van der Waals surface area contributed by atoms with E-state index in [1.165, 1.54) is 18.4 Å². The summed E-state index contributed by atoms with van der Waals surface area (Å²) in [6.07, 6.45) is 6.50. The maximum atomic E-state index is 8.63. The lowest BCUT2D eigenvalue weighted by molar-refractivity contribution is 0.282. The fraction of sp³-hybridized carbons (Fsp3) is 0.750. The maximum Gasteiger partial charge on any atom is 0.0638 e. The summed E-state index contributed by atoms with van der Waals surface area (Å²) in [6, 6.07) is 0. The van der Waals surface area contributed by atoms with Gasteiger partial charge in [0, 0.05) is 32.0 Å². The molecule has 4 heteroatoms. The molecule has 1 aromatic rings. The second-order valence-corrected chi connectivity index (χ2v) is 4.23. The molecule has 1 rings (SSSR count). The minimum Gasteiger partial charge on any atom is -0.396 e. The van der Waals surface area contributed by atoms with Gasteiger partial charge in [0.15, 0.2) is 0 Å². The average Bonchev–Trinajstić information content (AvgIpc) is 2.56. The molecule has 0 saturated carbocycles. The summed E-state index contributed by atoms with van der Waals surface area (Å²) in [6.45, 7) is 4.31. The molecule has 4 nitrogen and oxygen atoms in total. The van der Waals surface area contributed by atoms with Gasteiger partial charge in [-0.05, 0) is 26.3 Å². The van der Waals surface area contributed by atoms with Crippen LogP contribution in [0.25, 0.3) is 0 Å². The Balaban J connectivity index is 2.05. The van der Waals surface area contributed by atoms with Crippen LogP contribution in [0, 0.1) is 6.92 Å². The molecule has 16 heavy (non-hydrogen) atoms. The van der Waals surface area contributed by atoms with Crippen LogP contribution in [0.3, 0.4) is 0 Å². The van der Waals surface area contributed by atoms with Gasteiger partial charge in [-0.15, -0.1) is 0 Å². The molecule has 0 unspecified atom stereocenters. The molecule has 0 aromatic carbocycles. The Kier molecular flexibility index (Phi) is 6.11. The predicted molar refractivity (Wildman–Crippen MR) is 65.2 cm³/mol. The van der Waals surface area contributed by atoms with Gasteiger partial charge >= 0.3 is 0 Å². The first-order chi connectivity index (χ1) is 7.74. The molecule has 0 amide bonds. The quantitative estimate of drug-likeness (QED) is 0.657. The lowest BCUT2D eigenvalue weighted by atomic mass is 10.2. The van der Waals surface area contributed by atoms with Crippen LogP contribution in [-0.4, -0.2) is 28.0 Å². The molecule has 0 fully saturated rings. The van der Waals surface area contributed by atoms with Gasteiger partial charge in [-0.3, -0.25) is 4.68 Å². The summed E-state index contributed by atoms with van der Waals surface area (Å²) in [7, 11) is 1.95. The van der Waals surface area contributed by atoms with Crippen molar-refractivity contribution in [3.8, 4) is 0 Å². The number of aliphatic hydroxyl groups excluding tert-OH is 1. The van der Waals surface area contributed by atoms with Crippen LogP contribution in [-0.2, 0) is 13.6 Å². The summed E-state index contributed by atoms with van der Waals surface area (Å²) in [4.78, 5) is 0. The Morgan fingerprint density at radius 3 is 2.69 bits per heavy atom. The highest BCUT2D eigenvalue weighted by molar-refractivity contribution is 5.14. The molecule has 0 radical (unpaired) electrons. The summed E-state index contributed by atoms with van der Waals surface area (Å²) < 4.78 is 1.85. The Morgan fingerprint density at radius 2 is 2.06 bits per heavy atom. The van der Waals surface area contributed by atoms with Crippen LogP contribution in [0.2, 0.25) is 0 Å². The summed E-state index contributed by atoms with van der Waals surface area (Å²) in [5.41, 5.74) is 2.38. The molecule has 0 aliphatic heterocycles. The van der Waals surface area contributed by atoms with Crippen molar-refractivity contribution in [2.45, 2.75) is 39.2 Å². The zero-order valence-corrected chi connectivity index (χ0v) is 10.4. The van der Waals surface area contributed by atoms with Crippen LogP contribution in [0.4, 0.5) is 0 Å². The van der Waals surface area contributed by atoms with Crippen molar-refractivity contribution in [2.24, 2.45) is 7.05 Å². The van der Waals surface area contributed by atoms with E-state index in [-0.39, 0.29) is 0 Å². The Labute approximate surface area is 97.7 Å². The standard InChI is InChI=1S/C12H23N3O/c1-11-12(10-15(2)14-11)9-13-7-5-3-4-6-8-16/h10,13,16H,3-9H2,1-2H3. The molecule has 1 heterocycles. The summed E-state index contributed by atoms with van der Waals surface area (Å²) >= 11 is 0. The van der Waals surface area contributed by atoms with Crippen molar-refractivity contribution in [3.05, 3.63) is 17.5 Å². The largest absolute Gasteiger partial charge is 0.396 e. The second-order valence-electron chi connectivity index (χ2n) is 4.23. The molecule has 92 valence electrons. The third-order valence-electron chi connectivity index (χ3n) is 2.69. The maximum absolute atomic E-state index is 8.63. The van der Waals surface area contributed by atoms with Crippen molar-refractivity contribution >= 4 is 0 Å². The van der Waals surface area contributed by atoms with Crippen LogP contribution >= 0.6 is 0 Å². The zero-order chi connectivity index (χ0) is 11.8. The van der Waals surface area contributed by atoms with Gasteiger partial charge in [-0.1, -0.05) is 12.8 Å². The van der Waals surface area contributed by atoms with Crippen LogP contribution in [0.1, 0.15) is 36.9 Å². The number of unbranched alkanes of at least 4 members (excludes halogenated alkanes) is 3. The van der Waals surface area contributed by atoms with E-state index in [2.05, 4.69) is 16.6 Å². The number of aliphatic hydroxyl groups is 1. The highest BCUT2D eigenvalue weighted by Gasteiger charge is 2.01. The van der Waals surface area contributed by atoms with Gasteiger partial charge in [0.05, 0.1) is 5.69 Å². The van der Waals surface area contributed by atoms with E-state index in [1.807, 2.05) is 18.7 Å². The number of hydrogen-bond acceptors (Lipinski definition) is 3. The van der Waals surface area contributed by atoms with Crippen molar-refractivity contribution in [3.63, 3.8) is 0 Å². The number of aryl methyl sites for hydroxylation is 2. The minimum atomic E-state index is 0.322. The minimum absolute atomic E-state index is 0.322. The number of hydrogen-bond donors (Lipinski definition) is 2. The van der Waals surface area contributed by atoms with Crippen molar-refractivity contribution in [1.29, 1.82) is 0 Å². The van der Waals surface area contributed by atoms with E-state index in [1.54, 1.807) is 0 Å². The second kappa shape index (κ2) is 7.41. The Bertz CT molecular complexity index is 296. The van der Waals surface area contributed by atoms with E-state index >= 15 is 0 Å². The van der Waals surface area contributed by atoms with Crippen molar-refractivity contribution < 1.29 is 5.11 Å². The summed E-state index contributed by atoms with van der Waals surface area (Å²) in [5, 5.41) is 16.3. The van der Waals surface area contributed by atoms with E-state index in [4.69, 9.17) is 5.11 Å². The fourth-order valence-corrected chi connectivity index (χ4v) is 1.76. The van der Waals surface area contributed by atoms with E-state index in [9.17, 15) is 0 Å². The van der Waals surface area contributed by atoms with Gasteiger partial charge in [-0.2, -0.15) is 5.10 Å². The van der Waals surface area contributed by atoms with Gasteiger partial charge in [0.2, 0.25) is 0 Å². The first-order valence-corrected chi connectivity index (χ1v) is 6.04. The van der Waals surface area contributed by atoms with Gasteiger partial charge in [0.25, 0.3) is 0 Å². The van der Waals surface area contributed by atoms with Crippen LogP contribution in [0.15, 0.2) is 6.20 Å². The molecule has 0 atom stereocenters. The van der Waals surface area contributed by atoms with Gasteiger partial charge < -0.3 is 10.4 Å². The molecule has 0 saturated heterocycles. The highest BCUT2D eigenvalue weighted by Crippen LogP contribution is 2.04. The van der Waals surface area contributed by atoms with Gasteiger partial charge in [0.1, 0.15) is 0 Å². The number of nitrogens with zero attached hydrogens (tertiary/aromatic N) is 2. The zero-order valence-electron chi connectivity index (χ0n) is 10.4.